The van der Waals surface area contributed by atoms with Crippen LogP contribution in [-0.4, -0.2) is 0 Å². The van der Waals surface area contributed by atoms with Crippen molar-refractivity contribution in [2.45, 2.75) is 6.18 Å². The van der Waals surface area contributed by atoms with Crippen molar-refractivity contribution in [3.63, 3.8) is 0 Å². The van der Waals surface area contributed by atoms with Gasteiger partial charge in [0.1, 0.15) is 17.6 Å². The summed E-state index contributed by atoms with van der Waals surface area (Å²) in [4.78, 5) is 0. The van der Waals surface area contributed by atoms with Crippen LogP contribution in [0.15, 0.2) is 36.4 Å². The lowest BCUT2D eigenvalue weighted by atomic mass is 10.1. The van der Waals surface area contributed by atoms with Crippen molar-refractivity contribution in [2.24, 2.45) is 0 Å². The predicted molar refractivity (Wildman–Crippen MR) is 62.6 cm³/mol. The van der Waals surface area contributed by atoms with E-state index in [1.807, 2.05) is 0 Å². The molecule has 0 bridgehead atoms. The van der Waals surface area contributed by atoms with Crippen molar-refractivity contribution in [1.29, 1.82) is 5.26 Å². The highest BCUT2D eigenvalue weighted by Crippen LogP contribution is 2.34. The van der Waals surface area contributed by atoms with Crippen LogP contribution in [0.1, 0.15) is 11.1 Å². The molecule has 21 heavy (non-hydrogen) atoms. The normalized spacial score (nSPS) is 11.0. The maximum atomic E-state index is 13.4. The minimum Gasteiger partial charge on any atom is -0.453 e. The van der Waals surface area contributed by atoms with Gasteiger partial charge < -0.3 is 4.74 Å². The molecule has 2 rings (SSSR count). The van der Waals surface area contributed by atoms with Crippen LogP contribution in [0.2, 0.25) is 0 Å². The van der Waals surface area contributed by atoms with E-state index < -0.39 is 34.7 Å². The van der Waals surface area contributed by atoms with Crippen LogP contribution in [0.25, 0.3) is 0 Å². The van der Waals surface area contributed by atoms with Gasteiger partial charge in [0.25, 0.3) is 0 Å². The molecule has 0 aliphatic carbocycles. The topological polar surface area (TPSA) is 33.0 Å². The van der Waals surface area contributed by atoms with E-state index in [-0.39, 0.29) is 5.75 Å². The van der Waals surface area contributed by atoms with E-state index in [2.05, 4.69) is 0 Å². The molecule has 0 aliphatic rings. The number of benzene rings is 2. The van der Waals surface area contributed by atoms with Gasteiger partial charge in [0.2, 0.25) is 0 Å². The first-order valence-electron chi connectivity index (χ1n) is 5.55. The second kappa shape index (κ2) is 5.40. The van der Waals surface area contributed by atoms with Crippen LogP contribution < -0.4 is 4.74 Å². The molecule has 0 aliphatic heterocycles. The van der Waals surface area contributed by atoms with Gasteiger partial charge in [-0.1, -0.05) is 0 Å². The molecule has 0 N–H and O–H groups in total. The number of halogens is 5. The molecule has 7 heteroatoms. The maximum Gasteiger partial charge on any atom is 0.416 e. The van der Waals surface area contributed by atoms with Gasteiger partial charge in [-0.15, -0.1) is 0 Å². The number of nitrogens with zero attached hydrogens (tertiary/aromatic N) is 1. The van der Waals surface area contributed by atoms with Crippen LogP contribution in [0, 0.1) is 23.0 Å². The highest BCUT2D eigenvalue weighted by Gasteiger charge is 2.31. The van der Waals surface area contributed by atoms with E-state index in [0.29, 0.717) is 12.1 Å². The van der Waals surface area contributed by atoms with E-state index >= 15 is 0 Å². The first-order chi connectivity index (χ1) is 9.81. The Morgan fingerprint density at radius 1 is 0.952 bits per heavy atom. The molecule has 2 aromatic carbocycles. The summed E-state index contributed by atoms with van der Waals surface area (Å²) < 4.78 is 68.9. The summed E-state index contributed by atoms with van der Waals surface area (Å²) in [6, 6.07) is 6.06. The van der Waals surface area contributed by atoms with Gasteiger partial charge in [0.15, 0.2) is 11.6 Å². The summed E-state index contributed by atoms with van der Waals surface area (Å²) in [6.07, 6.45) is -4.62. The number of hydrogen-bond donors (Lipinski definition) is 0. The Hall–Kier alpha value is -2.62. The third-order valence-electron chi connectivity index (χ3n) is 2.54. The SMILES string of the molecule is N#Cc1cc(C(F)(F)F)ccc1Oc1cc(F)ccc1F. The summed E-state index contributed by atoms with van der Waals surface area (Å²) in [6.45, 7) is 0. The number of hydrogen-bond acceptors (Lipinski definition) is 2. The molecule has 0 radical (unpaired) electrons. The fourth-order valence-corrected chi connectivity index (χ4v) is 1.56. The Balaban J connectivity index is 2.41. The first kappa shape index (κ1) is 14.8. The van der Waals surface area contributed by atoms with Crippen molar-refractivity contribution in [2.75, 3.05) is 0 Å². The lowest BCUT2D eigenvalue weighted by molar-refractivity contribution is -0.137. The Kier molecular flexibility index (Phi) is 3.80. The van der Waals surface area contributed by atoms with Crippen LogP contribution in [0.4, 0.5) is 22.0 Å². The summed E-state index contributed by atoms with van der Waals surface area (Å²) in [5, 5.41) is 8.85. The fraction of sp³-hybridized carbons (Fsp3) is 0.0714. The Labute approximate surface area is 116 Å². The summed E-state index contributed by atoms with van der Waals surface area (Å²) in [5.41, 5.74) is -1.47. The van der Waals surface area contributed by atoms with Crippen LogP contribution in [-0.2, 0) is 6.18 Å². The molecule has 0 saturated carbocycles. The van der Waals surface area contributed by atoms with E-state index in [1.54, 1.807) is 0 Å². The average molecular weight is 299 g/mol. The minimum absolute atomic E-state index is 0.296. The zero-order valence-corrected chi connectivity index (χ0v) is 10.2. The molecule has 108 valence electrons. The van der Waals surface area contributed by atoms with Crippen molar-refractivity contribution in [3.8, 4) is 17.6 Å². The van der Waals surface area contributed by atoms with Crippen molar-refractivity contribution in [3.05, 3.63) is 59.2 Å². The van der Waals surface area contributed by atoms with Crippen LogP contribution >= 0.6 is 0 Å². The molecule has 0 amide bonds. The highest BCUT2D eigenvalue weighted by molar-refractivity contribution is 5.48. The third-order valence-corrected chi connectivity index (χ3v) is 2.54. The van der Waals surface area contributed by atoms with E-state index in [1.165, 1.54) is 6.07 Å². The van der Waals surface area contributed by atoms with Gasteiger partial charge in [-0.3, -0.25) is 0 Å². The lowest BCUT2D eigenvalue weighted by Crippen LogP contribution is -2.05. The standard InChI is InChI=1S/C14H6F5NO/c15-10-2-3-11(16)13(6-10)21-12-4-1-9(14(17,18)19)5-8(12)7-20/h1-6H. The largest absolute Gasteiger partial charge is 0.453 e. The minimum atomic E-state index is -4.62. The summed E-state index contributed by atoms with van der Waals surface area (Å²) >= 11 is 0. The number of alkyl halides is 3. The van der Waals surface area contributed by atoms with Gasteiger partial charge in [0, 0.05) is 6.07 Å². The van der Waals surface area contributed by atoms with Crippen LogP contribution in [0.5, 0.6) is 11.5 Å². The summed E-state index contributed by atoms with van der Waals surface area (Å²) in [5.74, 6) is -2.50. The highest BCUT2D eigenvalue weighted by atomic mass is 19.4. The van der Waals surface area contributed by atoms with Crippen molar-refractivity contribution >= 4 is 0 Å². The van der Waals surface area contributed by atoms with Crippen LogP contribution in [0.3, 0.4) is 0 Å². The molecular formula is C14H6F5NO. The average Bonchev–Trinajstić information content (AvgIpc) is 2.42. The van der Waals surface area contributed by atoms with Gasteiger partial charge >= 0.3 is 6.18 Å². The van der Waals surface area contributed by atoms with E-state index in [9.17, 15) is 22.0 Å². The Morgan fingerprint density at radius 2 is 1.67 bits per heavy atom. The molecule has 0 saturated heterocycles. The molecular weight excluding hydrogens is 293 g/mol. The molecule has 0 aromatic heterocycles. The van der Waals surface area contributed by atoms with Crippen molar-refractivity contribution in [1.82, 2.24) is 0 Å². The zero-order chi connectivity index (χ0) is 15.6. The first-order valence-corrected chi connectivity index (χ1v) is 5.55. The second-order valence-electron chi connectivity index (χ2n) is 4.00. The third kappa shape index (κ3) is 3.28. The van der Waals surface area contributed by atoms with Gasteiger partial charge in [-0.2, -0.15) is 18.4 Å². The monoisotopic (exact) mass is 299 g/mol. The van der Waals surface area contributed by atoms with Gasteiger partial charge in [-0.25, -0.2) is 8.78 Å². The number of rotatable bonds is 2. The Morgan fingerprint density at radius 3 is 2.29 bits per heavy atom. The molecule has 0 spiro atoms. The molecule has 0 fully saturated rings. The Bertz CT molecular complexity index is 718. The molecule has 2 aromatic rings. The molecule has 0 atom stereocenters. The van der Waals surface area contributed by atoms with Crippen molar-refractivity contribution < 1.29 is 26.7 Å². The maximum absolute atomic E-state index is 13.4. The smallest absolute Gasteiger partial charge is 0.416 e. The molecule has 0 heterocycles. The van der Waals surface area contributed by atoms with E-state index in [4.69, 9.17) is 10.00 Å². The lowest BCUT2D eigenvalue weighted by Gasteiger charge is -2.11. The summed E-state index contributed by atoms with van der Waals surface area (Å²) in [7, 11) is 0. The van der Waals surface area contributed by atoms with E-state index in [0.717, 1.165) is 24.3 Å². The predicted octanol–water partition coefficient (Wildman–Crippen LogP) is 4.65. The van der Waals surface area contributed by atoms with Gasteiger partial charge in [0.05, 0.1) is 11.1 Å². The molecule has 2 nitrogen and oxygen atoms in total. The quantitative estimate of drug-likeness (QED) is 0.756. The number of nitriles is 1. The number of ether oxygens (including phenoxy) is 1. The second-order valence-corrected chi connectivity index (χ2v) is 4.00. The van der Waals surface area contributed by atoms with Gasteiger partial charge in [-0.05, 0) is 30.3 Å². The molecule has 0 unspecified atom stereocenters. The zero-order valence-electron chi connectivity index (χ0n) is 10.2. The fourth-order valence-electron chi connectivity index (χ4n) is 1.56.